The zero-order chi connectivity index (χ0) is 20.9. The monoisotopic (exact) mass is 407 g/mol. The molecular formula is C21H24F3N3O2. The smallest absolute Gasteiger partial charge is 0.416 e. The number of amides is 2. The number of alkyl halides is 3. The van der Waals surface area contributed by atoms with Crippen molar-refractivity contribution in [3.05, 3.63) is 65.2 Å². The van der Waals surface area contributed by atoms with Crippen molar-refractivity contribution in [1.82, 2.24) is 15.1 Å². The summed E-state index contributed by atoms with van der Waals surface area (Å²) in [5, 5.41) is 2.77. The number of benzene rings is 2. The van der Waals surface area contributed by atoms with Crippen LogP contribution in [0.4, 0.5) is 18.0 Å². The molecule has 1 heterocycles. The second kappa shape index (κ2) is 9.17. The molecule has 156 valence electrons. The molecule has 3 rings (SSSR count). The lowest BCUT2D eigenvalue weighted by atomic mass is 10.1. The Balaban J connectivity index is 1.50. The number of urea groups is 1. The summed E-state index contributed by atoms with van der Waals surface area (Å²) in [7, 11) is 1.31. The Kier molecular flexibility index (Phi) is 6.64. The number of halogens is 3. The van der Waals surface area contributed by atoms with Gasteiger partial charge in [-0.15, -0.1) is 0 Å². The molecule has 1 aliphatic heterocycles. The predicted octanol–water partition coefficient (Wildman–Crippen LogP) is 3.74. The third kappa shape index (κ3) is 5.63. The average molecular weight is 407 g/mol. The molecule has 1 aliphatic rings. The fourth-order valence-corrected chi connectivity index (χ4v) is 3.30. The fraction of sp³-hybridized carbons (Fsp3) is 0.381. The van der Waals surface area contributed by atoms with Crippen molar-refractivity contribution in [3.63, 3.8) is 0 Å². The zero-order valence-corrected chi connectivity index (χ0v) is 16.2. The van der Waals surface area contributed by atoms with E-state index in [2.05, 4.69) is 22.3 Å². The van der Waals surface area contributed by atoms with Gasteiger partial charge in [0, 0.05) is 44.8 Å². The second-order valence-electron chi connectivity index (χ2n) is 6.93. The van der Waals surface area contributed by atoms with Crippen molar-refractivity contribution in [1.29, 1.82) is 0 Å². The standard InChI is InChI=1S/C21H24F3N3O2/c1-29-19-13-18(21(22,23)24)8-7-17(19)14-25-20(28)27-11-9-26(10-12-27)15-16-5-3-2-4-6-16/h2-8,13H,9-12,14-15H2,1H3,(H,25,28). The molecule has 0 unspecified atom stereocenters. The molecule has 1 saturated heterocycles. The summed E-state index contributed by atoms with van der Waals surface area (Å²) in [5.74, 6) is 0.104. The second-order valence-corrected chi connectivity index (χ2v) is 6.93. The normalized spacial score (nSPS) is 15.2. The van der Waals surface area contributed by atoms with E-state index < -0.39 is 11.7 Å². The van der Waals surface area contributed by atoms with Crippen LogP contribution in [0.2, 0.25) is 0 Å². The number of methoxy groups -OCH3 is 1. The molecule has 2 aromatic carbocycles. The summed E-state index contributed by atoms with van der Waals surface area (Å²) < 4.78 is 43.5. The molecule has 0 atom stereocenters. The Bertz CT molecular complexity index is 820. The number of carbonyl (C=O) groups is 1. The van der Waals surface area contributed by atoms with Crippen LogP contribution >= 0.6 is 0 Å². The van der Waals surface area contributed by atoms with Crippen LogP contribution in [-0.4, -0.2) is 49.1 Å². The molecule has 0 saturated carbocycles. The first-order valence-electron chi connectivity index (χ1n) is 9.40. The minimum Gasteiger partial charge on any atom is -0.496 e. The molecule has 0 aromatic heterocycles. The molecule has 0 spiro atoms. The van der Waals surface area contributed by atoms with E-state index in [9.17, 15) is 18.0 Å². The van der Waals surface area contributed by atoms with E-state index in [4.69, 9.17) is 4.74 Å². The van der Waals surface area contributed by atoms with Gasteiger partial charge in [-0.2, -0.15) is 13.2 Å². The van der Waals surface area contributed by atoms with Crippen molar-refractivity contribution >= 4 is 6.03 Å². The topological polar surface area (TPSA) is 44.8 Å². The van der Waals surface area contributed by atoms with Crippen molar-refractivity contribution in [2.24, 2.45) is 0 Å². The highest BCUT2D eigenvalue weighted by Crippen LogP contribution is 2.33. The predicted molar refractivity (Wildman–Crippen MR) is 104 cm³/mol. The van der Waals surface area contributed by atoms with Crippen molar-refractivity contribution in [3.8, 4) is 5.75 Å². The number of carbonyl (C=O) groups excluding carboxylic acids is 1. The molecule has 8 heteroatoms. The van der Waals surface area contributed by atoms with Gasteiger partial charge in [0.05, 0.1) is 12.7 Å². The molecule has 2 amide bonds. The van der Waals surface area contributed by atoms with Crippen molar-refractivity contribution in [2.45, 2.75) is 19.3 Å². The Morgan fingerprint density at radius 2 is 1.76 bits per heavy atom. The molecule has 1 N–H and O–H groups in total. The van der Waals surface area contributed by atoms with E-state index in [1.807, 2.05) is 18.2 Å². The Labute approximate surface area is 168 Å². The summed E-state index contributed by atoms with van der Waals surface area (Å²) in [6.07, 6.45) is -4.44. The minimum absolute atomic E-state index is 0.102. The Morgan fingerprint density at radius 3 is 2.38 bits per heavy atom. The van der Waals surface area contributed by atoms with Crippen LogP contribution in [0.15, 0.2) is 48.5 Å². The lowest BCUT2D eigenvalue weighted by Crippen LogP contribution is -2.51. The van der Waals surface area contributed by atoms with E-state index in [0.29, 0.717) is 18.7 Å². The number of ether oxygens (including phenoxy) is 1. The zero-order valence-electron chi connectivity index (χ0n) is 16.2. The van der Waals surface area contributed by atoms with E-state index in [0.717, 1.165) is 31.8 Å². The van der Waals surface area contributed by atoms with Gasteiger partial charge in [-0.05, 0) is 17.7 Å². The highest BCUT2D eigenvalue weighted by molar-refractivity contribution is 5.74. The van der Waals surface area contributed by atoms with Crippen LogP contribution in [0.1, 0.15) is 16.7 Å². The molecule has 0 bridgehead atoms. The molecule has 5 nitrogen and oxygen atoms in total. The van der Waals surface area contributed by atoms with Gasteiger partial charge in [-0.3, -0.25) is 4.90 Å². The van der Waals surface area contributed by atoms with Gasteiger partial charge >= 0.3 is 12.2 Å². The number of nitrogens with zero attached hydrogens (tertiary/aromatic N) is 2. The van der Waals surface area contributed by atoms with Crippen LogP contribution in [0.3, 0.4) is 0 Å². The maximum Gasteiger partial charge on any atom is 0.416 e. The number of hydrogen-bond donors (Lipinski definition) is 1. The molecule has 2 aromatic rings. The summed E-state index contributed by atoms with van der Waals surface area (Å²) in [5.41, 5.74) is 0.954. The lowest BCUT2D eigenvalue weighted by molar-refractivity contribution is -0.137. The van der Waals surface area contributed by atoms with Gasteiger partial charge in [0.2, 0.25) is 0 Å². The summed E-state index contributed by atoms with van der Waals surface area (Å²) in [6, 6.07) is 13.2. The number of piperazine rings is 1. The fourth-order valence-electron chi connectivity index (χ4n) is 3.30. The first kappa shape index (κ1) is 21.0. The van der Waals surface area contributed by atoms with Crippen LogP contribution in [-0.2, 0) is 19.3 Å². The first-order valence-corrected chi connectivity index (χ1v) is 9.40. The van der Waals surface area contributed by atoms with Crippen LogP contribution in [0, 0.1) is 0 Å². The molecule has 1 fully saturated rings. The molecular weight excluding hydrogens is 383 g/mol. The summed E-state index contributed by atoms with van der Waals surface area (Å²) in [6.45, 7) is 3.69. The molecule has 0 radical (unpaired) electrons. The maximum atomic E-state index is 12.8. The lowest BCUT2D eigenvalue weighted by Gasteiger charge is -2.34. The highest BCUT2D eigenvalue weighted by atomic mass is 19.4. The van der Waals surface area contributed by atoms with Crippen molar-refractivity contribution in [2.75, 3.05) is 33.3 Å². The third-order valence-electron chi connectivity index (χ3n) is 4.95. The van der Waals surface area contributed by atoms with E-state index in [1.54, 1.807) is 4.90 Å². The summed E-state index contributed by atoms with van der Waals surface area (Å²) in [4.78, 5) is 16.4. The number of hydrogen-bond acceptors (Lipinski definition) is 3. The third-order valence-corrected chi connectivity index (χ3v) is 4.95. The number of nitrogens with one attached hydrogen (secondary N) is 1. The quantitative estimate of drug-likeness (QED) is 0.821. The largest absolute Gasteiger partial charge is 0.496 e. The van der Waals surface area contributed by atoms with Gasteiger partial charge in [-0.1, -0.05) is 36.4 Å². The average Bonchev–Trinajstić information content (AvgIpc) is 2.72. The highest BCUT2D eigenvalue weighted by Gasteiger charge is 2.31. The molecule has 0 aliphatic carbocycles. The SMILES string of the molecule is COc1cc(C(F)(F)F)ccc1CNC(=O)N1CCN(Cc2ccccc2)CC1. The van der Waals surface area contributed by atoms with Crippen LogP contribution in [0.25, 0.3) is 0 Å². The van der Waals surface area contributed by atoms with Gasteiger partial charge in [0.15, 0.2) is 0 Å². The van der Waals surface area contributed by atoms with Gasteiger partial charge in [-0.25, -0.2) is 4.79 Å². The maximum absolute atomic E-state index is 12.8. The number of rotatable bonds is 5. The molecule has 29 heavy (non-hydrogen) atoms. The minimum atomic E-state index is -4.44. The van der Waals surface area contributed by atoms with Gasteiger partial charge in [0.1, 0.15) is 5.75 Å². The van der Waals surface area contributed by atoms with E-state index in [1.165, 1.54) is 18.7 Å². The Hall–Kier alpha value is -2.74. The van der Waals surface area contributed by atoms with Gasteiger partial charge in [0.25, 0.3) is 0 Å². The Morgan fingerprint density at radius 1 is 1.07 bits per heavy atom. The summed E-state index contributed by atoms with van der Waals surface area (Å²) >= 11 is 0. The van der Waals surface area contributed by atoms with Gasteiger partial charge < -0.3 is 15.0 Å². The first-order chi connectivity index (χ1) is 13.9. The van der Waals surface area contributed by atoms with Crippen LogP contribution in [0.5, 0.6) is 5.75 Å². The van der Waals surface area contributed by atoms with E-state index >= 15 is 0 Å². The van der Waals surface area contributed by atoms with Crippen molar-refractivity contribution < 1.29 is 22.7 Å². The van der Waals surface area contributed by atoms with Crippen LogP contribution < -0.4 is 10.1 Å². The van der Waals surface area contributed by atoms with E-state index in [-0.39, 0.29) is 18.3 Å².